The van der Waals surface area contributed by atoms with E-state index in [9.17, 15) is 0 Å². The van der Waals surface area contributed by atoms with Crippen LogP contribution in [0.3, 0.4) is 0 Å². The Morgan fingerprint density at radius 1 is 1.50 bits per heavy atom. The fourth-order valence-corrected chi connectivity index (χ4v) is 1.47. The summed E-state index contributed by atoms with van der Waals surface area (Å²) in [4.78, 5) is 0. The van der Waals surface area contributed by atoms with Gasteiger partial charge in [0, 0.05) is 16.8 Å². The van der Waals surface area contributed by atoms with Crippen LogP contribution in [0.5, 0.6) is 0 Å². The van der Waals surface area contributed by atoms with E-state index in [2.05, 4.69) is 12.2 Å². The van der Waals surface area contributed by atoms with Gasteiger partial charge in [-0.1, -0.05) is 17.7 Å². The molecule has 0 aliphatic heterocycles. The Labute approximate surface area is 90.4 Å². The molecule has 1 aromatic rings. The quantitative estimate of drug-likeness (QED) is 0.806. The second kappa shape index (κ2) is 5.23. The lowest BCUT2D eigenvalue weighted by Gasteiger charge is -2.14. The van der Waals surface area contributed by atoms with Gasteiger partial charge in [0.05, 0.1) is 0 Å². The second-order valence-electron chi connectivity index (χ2n) is 3.59. The van der Waals surface area contributed by atoms with E-state index in [0.29, 0.717) is 12.6 Å². The van der Waals surface area contributed by atoms with Gasteiger partial charge in [0.15, 0.2) is 0 Å². The minimum atomic E-state index is 0.388. The molecule has 0 saturated heterocycles. The molecular formula is C11H17ClN2. The Kier molecular flexibility index (Phi) is 4.23. The zero-order chi connectivity index (χ0) is 10.6. The molecule has 2 nitrogen and oxygen atoms in total. The van der Waals surface area contributed by atoms with Gasteiger partial charge in [-0.15, -0.1) is 0 Å². The van der Waals surface area contributed by atoms with Crippen LogP contribution in [0.15, 0.2) is 18.2 Å². The fourth-order valence-electron chi connectivity index (χ4n) is 1.29. The maximum absolute atomic E-state index is 6.01. The van der Waals surface area contributed by atoms with Gasteiger partial charge in [-0.25, -0.2) is 0 Å². The van der Waals surface area contributed by atoms with Gasteiger partial charge >= 0.3 is 0 Å². The lowest BCUT2D eigenvalue weighted by Crippen LogP contribution is -2.19. The third-order valence-electron chi connectivity index (χ3n) is 2.18. The summed E-state index contributed by atoms with van der Waals surface area (Å²) in [5.74, 6) is 0. The number of halogens is 1. The van der Waals surface area contributed by atoms with Gasteiger partial charge in [0.1, 0.15) is 0 Å². The van der Waals surface area contributed by atoms with Gasteiger partial charge in [-0.3, -0.25) is 0 Å². The van der Waals surface area contributed by atoms with Gasteiger partial charge in [0.2, 0.25) is 0 Å². The maximum Gasteiger partial charge on any atom is 0.0455 e. The SMILES string of the molecule is Cc1ccc(NC(C)CCN)cc1Cl. The van der Waals surface area contributed by atoms with Crippen molar-refractivity contribution in [3.05, 3.63) is 28.8 Å². The highest BCUT2D eigenvalue weighted by Crippen LogP contribution is 2.20. The Balaban J connectivity index is 2.63. The molecule has 0 aliphatic rings. The molecule has 0 fully saturated rings. The first-order valence-electron chi connectivity index (χ1n) is 4.86. The van der Waals surface area contributed by atoms with Crippen molar-refractivity contribution in [2.24, 2.45) is 5.73 Å². The molecule has 1 rings (SSSR count). The summed E-state index contributed by atoms with van der Waals surface area (Å²) < 4.78 is 0. The summed E-state index contributed by atoms with van der Waals surface area (Å²) in [5, 5.41) is 4.15. The average molecular weight is 213 g/mol. The van der Waals surface area contributed by atoms with Crippen LogP contribution in [0.4, 0.5) is 5.69 Å². The Hall–Kier alpha value is -0.730. The van der Waals surface area contributed by atoms with Crippen LogP contribution >= 0.6 is 11.6 Å². The number of hydrogen-bond donors (Lipinski definition) is 2. The average Bonchev–Trinajstić information content (AvgIpc) is 2.12. The van der Waals surface area contributed by atoms with Gasteiger partial charge in [0.25, 0.3) is 0 Å². The lowest BCUT2D eigenvalue weighted by atomic mass is 10.2. The van der Waals surface area contributed by atoms with Crippen molar-refractivity contribution in [3.8, 4) is 0 Å². The van der Waals surface area contributed by atoms with Crippen LogP contribution in [0.1, 0.15) is 18.9 Å². The summed E-state index contributed by atoms with van der Waals surface area (Å²) in [6.07, 6.45) is 0.964. The van der Waals surface area contributed by atoms with Crippen LogP contribution < -0.4 is 11.1 Å². The largest absolute Gasteiger partial charge is 0.383 e. The van der Waals surface area contributed by atoms with Crippen LogP contribution in [0.25, 0.3) is 0 Å². The van der Waals surface area contributed by atoms with Crippen molar-refractivity contribution < 1.29 is 0 Å². The molecule has 0 radical (unpaired) electrons. The van der Waals surface area contributed by atoms with Crippen LogP contribution in [0.2, 0.25) is 5.02 Å². The van der Waals surface area contributed by atoms with Crippen molar-refractivity contribution in [1.29, 1.82) is 0 Å². The first-order valence-corrected chi connectivity index (χ1v) is 5.24. The third kappa shape index (κ3) is 3.20. The number of anilines is 1. The smallest absolute Gasteiger partial charge is 0.0455 e. The molecule has 0 amide bonds. The van der Waals surface area contributed by atoms with E-state index < -0.39 is 0 Å². The van der Waals surface area contributed by atoms with Crippen LogP contribution in [0, 0.1) is 6.92 Å². The number of nitrogens with two attached hydrogens (primary N) is 1. The highest BCUT2D eigenvalue weighted by molar-refractivity contribution is 6.31. The molecule has 0 spiro atoms. The first kappa shape index (κ1) is 11.3. The number of aryl methyl sites for hydroxylation is 1. The minimum Gasteiger partial charge on any atom is -0.383 e. The number of benzene rings is 1. The number of hydrogen-bond acceptors (Lipinski definition) is 2. The number of nitrogens with one attached hydrogen (secondary N) is 1. The van der Waals surface area contributed by atoms with Crippen molar-refractivity contribution in [2.75, 3.05) is 11.9 Å². The predicted octanol–water partition coefficient (Wildman–Crippen LogP) is 2.80. The molecular weight excluding hydrogens is 196 g/mol. The molecule has 1 unspecified atom stereocenters. The number of rotatable bonds is 4. The molecule has 0 saturated carbocycles. The topological polar surface area (TPSA) is 38.0 Å². The zero-order valence-electron chi connectivity index (χ0n) is 8.68. The predicted molar refractivity (Wildman–Crippen MR) is 62.9 cm³/mol. The van der Waals surface area contributed by atoms with Gasteiger partial charge in [-0.2, -0.15) is 0 Å². The van der Waals surface area contributed by atoms with Crippen molar-refractivity contribution in [2.45, 2.75) is 26.3 Å². The van der Waals surface area contributed by atoms with E-state index in [-0.39, 0.29) is 0 Å². The highest BCUT2D eigenvalue weighted by atomic mass is 35.5. The Bertz CT molecular complexity index is 299. The maximum atomic E-state index is 6.01. The van der Waals surface area contributed by atoms with E-state index in [0.717, 1.165) is 22.7 Å². The first-order chi connectivity index (χ1) is 6.63. The molecule has 0 heterocycles. The third-order valence-corrected chi connectivity index (χ3v) is 2.59. The molecule has 1 atom stereocenters. The van der Waals surface area contributed by atoms with Gasteiger partial charge < -0.3 is 11.1 Å². The van der Waals surface area contributed by atoms with E-state index in [1.165, 1.54) is 0 Å². The molecule has 3 heteroatoms. The molecule has 0 bridgehead atoms. The summed E-state index contributed by atoms with van der Waals surface area (Å²) in [7, 11) is 0. The monoisotopic (exact) mass is 212 g/mol. The van der Waals surface area contributed by atoms with E-state index in [1.807, 2.05) is 25.1 Å². The molecule has 1 aromatic carbocycles. The molecule has 0 aliphatic carbocycles. The normalized spacial score (nSPS) is 12.6. The lowest BCUT2D eigenvalue weighted by molar-refractivity contribution is 0.717. The Morgan fingerprint density at radius 3 is 2.79 bits per heavy atom. The summed E-state index contributed by atoms with van der Waals surface area (Å²) in [5.41, 5.74) is 7.63. The highest BCUT2D eigenvalue weighted by Gasteiger charge is 2.02. The van der Waals surface area contributed by atoms with Gasteiger partial charge in [-0.05, 0) is 44.5 Å². The van der Waals surface area contributed by atoms with E-state index >= 15 is 0 Å². The van der Waals surface area contributed by atoms with Crippen LogP contribution in [-0.4, -0.2) is 12.6 Å². The summed E-state index contributed by atoms with van der Waals surface area (Å²) in [6.45, 7) is 4.81. The second-order valence-corrected chi connectivity index (χ2v) is 3.99. The zero-order valence-corrected chi connectivity index (χ0v) is 9.43. The fraction of sp³-hybridized carbons (Fsp3) is 0.455. The summed E-state index contributed by atoms with van der Waals surface area (Å²) in [6, 6.07) is 6.39. The van der Waals surface area contributed by atoms with Crippen molar-refractivity contribution in [3.63, 3.8) is 0 Å². The van der Waals surface area contributed by atoms with E-state index in [4.69, 9.17) is 17.3 Å². The van der Waals surface area contributed by atoms with Crippen molar-refractivity contribution in [1.82, 2.24) is 0 Å². The van der Waals surface area contributed by atoms with Crippen LogP contribution in [-0.2, 0) is 0 Å². The standard InChI is InChI=1S/C11H17ClN2/c1-8-3-4-10(7-11(8)12)14-9(2)5-6-13/h3-4,7,9,14H,5-6,13H2,1-2H3. The Morgan fingerprint density at radius 2 is 2.21 bits per heavy atom. The molecule has 3 N–H and O–H groups in total. The van der Waals surface area contributed by atoms with Crippen molar-refractivity contribution >= 4 is 17.3 Å². The minimum absolute atomic E-state index is 0.388. The molecule has 14 heavy (non-hydrogen) atoms. The van der Waals surface area contributed by atoms with E-state index in [1.54, 1.807) is 0 Å². The molecule has 0 aromatic heterocycles. The summed E-state index contributed by atoms with van der Waals surface area (Å²) >= 11 is 6.01. The molecule has 78 valence electrons.